The molecule has 1 amide bonds. The van der Waals surface area contributed by atoms with Gasteiger partial charge >= 0.3 is 0 Å². The van der Waals surface area contributed by atoms with Gasteiger partial charge in [0, 0.05) is 5.75 Å². The highest BCUT2D eigenvalue weighted by Crippen LogP contribution is 2.30. The van der Waals surface area contributed by atoms with Crippen molar-refractivity contribution in [3.63, 3.8) is 0 Å². The fraction of sp³-hybridized carbons (Fsp3) is 0.111. The van der Waals surface area contributed by atoms with Gasteiger partial charge < -0.3 is 0 Å². The number of aromatic nitrogens is 2. The van der Waals surface area contributed by atoms with Crippen molar-refractivity contribution in [2.75, 3.05) is 5.75 Å². The largest absolute Gasteiger partial charge is 0.272 e. The summed E-state index contributed by atoms with van der Waals surface area (Å²) in [6.45, 7) is 0. The molecule has 5 nitrogen and oxygen atoms in total. The Labute approximate surface area is 168 Å². The van der Waals surface area contributed by atoms with E-state index in [4.69, 9.17) is 0 Å². The lowest BCUT2D eigenvalue weighted by molar-refractivity contribution is -0.118. The summed E-state index contributed by atoms with van der Waals surface area (Å²) in [5.41, 5.74) is 4.21. The van der Waals surface area contributed by atoms with Gasteiger partial charge in [-0.05, 0) is 23.3 Å². The summed E-state index contributed by atoms with van der Waals surface area (Å²) >= 11 is 4.38. The quantitative estimate of drug-likeness (QED) is 0.337. The van der Waals surface area contributed by atoms with Gasteiger partial charge in [0.1, 0.15) is 5.82 Å². The third-order valence-electron chi connectivity index (χ3n) is 3.17. The van der Waals surface area contributed by atoms with E-state index in [9.17, 15) is 9.18 Å². The molecule has 0 fully saturated rings. The first kappa shape index (κ1) is 19.5. The standard InChI is InChI=1S/C18H15FN4OS3/c19-15-8-4-7-14(9-15)10-20-21-16(24)12-26-18-23-22-17(27-18)25-11-13-5-2-1-3-6-13/h1-10H,11-12H2,(H,21,24)/b20-10+. The van der Waals surface area contributed by atoms with Gasteiger partial charge in [0.25, 0.3) is 5.91 Å². The molecule has 1 N–H and O–H groups in total. The maximum atomic E-state index is 13.0. The molecule has 2 aromatic carbocycles. The second-order valence-electron chi connectivity index (χ2n) is 5.25. The number of amides is 1. The number of nitrogens with zero attached hydrogens (tertiary/aromatic N) is 3. The van der Waals surface area contributed by atoms with Crippen LogP contribution < -0.4 is 5.43 Å². The molecule has 0 radical (unpaired) electrons. The van der Waals surface area contributed by atoms with Gasteiger partial charge in [0.05, 0.1) is 12.0 Å². The topological polar surface area (TPSA) is 67.2 Å². The fourth-order valence-corrected chi connectivity index (χ4v) is 4.73. The Morgan fingerprint density at radius 1 is 1.11 bits per heavy atom. The lowest BCUT2D eigenvalue weighted by atomic mass is 10.2. The normalized spacial score (nSPS) is 11.0. The zero-order chi connectivity index (χ0) is 18.9. The summed E-state index contributed by atoms with van der Waals surface area (Å²) in [6, 6.07) is 16.1. The molecule has 3 rings (SSSR count). The smallest absolute Gasteiger partial charge is 0.250 e. The van der Waals surface area contributed by atoms with Crippen molar-refractivity contribution in [2.45, 2.75) is 14.4 Å². The average Bonchev–Trinajstić information content (AvgIpc) is 3.14. The lowest BCUT2D eigenvalue weighted by Crippen LogP contribution is -2.19. The van der Waals surface area contributed by atoms with E-state index in [-0.39, 0.29) is 17.5 Å². The molecule has 3 aromatic rings. The predicted octanol–water partition coefficient (Wildman–Crippen LogP) is 4.21. The van der Waals surface area contributed by atoms with Gasteiger partial charge in [-0.25, -0.2) is 9.82 Å². The molecule has 9 heteroatoms. The summed E-state index contributed by atoms with van der Waals surface area (Å²) in [4.78, 5) is 11.8. The number of rotatable bonds is 8. The number of carbonyl (C=O) groups excluding carboxylic acids is 1. The van der Waals surface area contributed by atoms with Gasteiger partial charge in [0.15, 0.2) is 8.68 Å². The number of nitrogens with one attached hydrogen (secondary N) is 1. The molecule has 0 spiro atoms. The van der Waals surface area contributed by atoms with E-state index in [1.165, 1.54) is 47.0 Å². The minimum absolute atomic E-state index is 0.179. The average molecular weight is 419 g/mol. The summed E-state index contributed by atoms with van der Waals surface area (Å²) in [5, 5.41) is 12.0. The molecule has 0 saturated carbocycles. The van der Waals surface area contributed by atoms with E-state index >= 15 is 0 Å². The van der Waals surface area contributed by atoms with Crippen molar-refractivity contribution in [3.05, 3.63) is 71.5 Å². The van der Waals surface area contributed by atoms with Gasteiger partial charge in [0.2, 0.25) is 0 Å². The summed E-state index contributed by atoms with van der Waals surface area (Å²) in [6.07, 6.45) is 1.40. The molecule has 0 unspecified atom stereocenters. The molecular formula is C18H15FN4OS3. The maximum absolute atomic E-state index is 13.0. The van der Waals surface area contributed by atoms with Crippen LogP contribution in [0.3, 0.4) is 0 Å². The van der Waals surface area contributed by atoms with Crippen molar-refractivity contribution in [2.24, 2.45) is 5.10 Å². The fourth-order valence-electron chi connectivity index (χ4n) is 1.96. The molecule has 27 heavy (non-hydrogen) atoms. The summed E-state index contributed by atoms with van der Waals surface area (Å²) in [5.74, 6) is 0.396. The van der Waals surface area contributed by atoms with Crippen LogP contribution in [0.25, 0.3) is 0 Å². The van der Waals surface area contributed by atoms with Gasteiger partial charge in [-0.15, -0.1) is 10.2 Å². The number of halogens is 1. The molecule has 0 aliphatic heterocycles. The third kappa shape index (κ3) is 6.78. The minimum Gasteiger partial charge on any atom is -0.272 e. The van der Waals surface area contributed by atoms with E-state index in [0.717, 1.165) is 14.4 Å². The Hall–Kier alpha value is -2.23. The second kappa shape index (κ2) is 10.2. The van der Waals surface area contributed by atoms with Crippen molar-refractivity contribution < 1.29 is 9.18 Å². The number of hydrazone groups is 1. The molecule has 0 bridgehead atoms. The van der Waals surface area contributed by atoms with Crippen LogP contribution in [-0.2, 0) is 10.5 Å². The van der Waals surface area contributed by atoms with Crippen LogP contribution in [0.15, 0.2) is 68.4 Å². The van der Waals surface area contributed by atoms with Crippen LogP contribution in [0.4, 0.5) is 4.39 Å². The van der Waals surface area contributed by atoms with Gasteiger partial charge in [-0.3, -0.25) is 4.79 Å². The number of benzene rings is 2. The summed E-state index contributed by atoms with van der Waals surface area (Å²) < 4.78 is 14.6. The van der Waals surface area contributed by atoms with Crippen molar-refractivity contribution in [1.82, 2.24) is 15.6 Å². The lowest BCUT2D eigenvalue weighted by Gasteiger charge is -1.98. The first-order valence-corrected chi connectivity index (χ1v) is 10.7. The van der Waals surface area contributed by atoms with Gasteiger partial charge in [-0.2, -0.15) is 5.10 Å². The van der Waals surface area contributed by atoms with Crippen molar-refractivity contribution in [3.8, 4) is 0 Å². The van der Waals surface area contributed by atoms with Crippen LogP contribution in [0.1, 0.15) is 11.1 Å². The van der Waals surface area contributed by atoms with E-state index in [1.807, 2.05) is 18.2 Å². The third-order valence-corrected chi connectivity index (χ3v) is 6.43. The first-order valence-electron chi connectivity index (χ1n) is 7.89. The Balaban J connectivity index is 1.40. The Bertz CT molecular complexity index is 918. The highest BCUT2D eigenvalue weighted by Gasteiger charge is 2.08. The first-order chi connectivity index (χ1) is 13.2. The Morgan fingerprint density at radius 2 is 1.89 bits per heavy atom. The number of hydrogen-bond acceptors (Lipinski definition) is 7. The van der Waals surface area contributed by atoms with Crippen LogP contribution in [-0.4, -0.2) is 28.1 Å². The molecular weight excluding hydrogens is 403 g/mol. The van der Waals surface area contributed by atoms with E-state index in [1.54, 1.807) is 23.9 Å². The van der Waals surface area contributed by atoms with Gasteiger partial charge in [-0.1, -0.05) is 77.3 Å². The second-order valence-corrected chi connectivity index (χ2v) is 8.67. The highest BCUT2D eigenvalue weighted by molar-refractivity contribution is 8.03. The monoisotopic (exact) mass is 418 g/mol. The highest BCUT2D eigenvalue weighted by atomic mass is 32.2. The van der Waals surface area contributed by atoms with E-state index in [0.29, 0.717) is 5.56 Å². The predicted molar refractivity (Wildman–Crippen MR) is 109 cm³/mol. The van der Waals surface area contributed by atoms with Crippen LogP contribution in [0.5, 0.6) is 0 Å². The zero-order valence-electron chi connectivity index (χ0n) is 14.0. The van der Waals surface area contributed by atoms with E-state index < -0.39 is 0 Å². The number of hydrogen-bond donors (Lipinski definition) is 1. The Morgan fingerprint density at radius 3 is 2.67 bits per heavy atom. The molecule has 1 heterocycles. The summed E-state index contributed by atoms with van der Waals surface area (Å²) in [7, 11) is 0. The maximum Gasteiger partial charge on any atom is 0.250 e. The van der Waals surface area contributed by atoms with Crippen LogP contribution in [0.2, 0.25) is 0 Å². The van der Waals surface area contributed by atoms with Crippen molar-refractivity contribution in [1.29, 1.82) is 0 Å². The molecule has 0 atom stereocenters. The van der Waals surface area contributed by atoms with Crippen LogP contribution in [0, 0.1) is 5.82 Å². The SMILES string of the molecule is O=C(CSc1nnc(SCc2ccccc2)s1)N/N=C/c1cccc(F)c1. The molecule has 1 aromatic heterocycles. The number of carbonyl (C=O) groups is 1. The van der Waals surface area contributed by atoms with Crippen LogP contribution >= 0.6 is 34.9 Å². The minimum atomic E-state index is -0.349. The van der Waals surface area contributed by atoms with E-state index in [2.05, 4.69) is 32.9 Å². The molecule has 0 saturated heterocycles. The molecule has 138 valence electrons. The molecule has 0 aliphatic carbocycles. The molecule has 0 aliphatic rings. The van der Waals surface area contributed by atoms with Crippen molar-refractivity contribution >= 4 is 47.0 Å². The Kier molecular flexibility index (Phi) is 7.37. The zero-order valence-corrected chi connectivity index (χ0v) is 16.5. The number of thioether (sulfide) groups is 2.